The van der Waals surface area contributed by atoms with Crippen molar-refractivity contribution in [2.45, 2.75) is 13.8 Å². The van der Waals surface area contributed by atoms with Crippen molar-refractivity contribution in [3.63, 3.8) is 0 Å². The number of esters is 2. The molecule has 0 spiro atoms. The fourth-order valence-corrected chi connectivity index (χ4v) is 1.25. The summed E-state index contributed by atoms with van der Waals surface area (Å²) in [6.07, 6.45) is 3.54. The third kappa shape index (κ3) is 4.34. The zero-order valence-corrected chi connectivity index (χ0v) is 11.2. The van der Waals surface area contributed by atoms with E-state index in [0.29, 0.717) is 0 Å². The highest BCUT2D eigenvalue weighted by atomic mass is 19.1. The zero-order valence-electron chi connectivity index (χ0n) is 11.2. The lowest BCUT2D eigenvalue weighted by atomic mass is 10.3. The fourth-order valence-electron chi connectivity index (χ4n) is 1.25. The van der Waals surface area contributed by atoms with Gasteiger partial charge in [0.1, 0.15) is 5.82 Å². The van der Waals surface area contributed by atoms with Crippen molar-refractivity contribution in [1.82, 2.24) is 4.98 Å². The molecule has 0 aromatic carbocycles. The lowest BCUT2D eigenvalue weighted by molar-refractivity contribution is -0.146. The van der Waals surface area contributed by atoms with Gasteiger partial charge in [0, 0.05) is 12.4 Å². The number of nitrogens with zero attached hydrogens (tertiary/aromatic N) is 1. The summed E-state index contributed by atoms with van der Waals surface area (Å²) in [5.74, 6) is -2.26. The lowest BCUT2D eigenvalue weighted by Crippen LogP contribution is -2.19. The second-order valence-corrected chi connectivity index (χ2v) is 3.50. The van der Waals surface area contributed by atoms with Gasteiger partial charge >= 0.3 is 11.9 Å². The van der Waals surface area contributed by atoms with Crippen LogP contribution in [-0.2, 0) is 19.1 Å². The molecule has 0 amide bonds. The van der Waals surface area contributed by atoms with E-state index in [4.69, 9.17) is 9.47 Å². The van der Waals surface area contributed by atoms with Crippen LogP contribution in [0.4, 0.5) is 10.1 Å². The number of ether oxygens (including phenoxy) is 2. The van der Waals surface area contributed by atoms with Gasteiger partial charge in [-0.2, -0.15) is 0 Å². The Hall–Kier alpha value is -2.44. The van der Waals surface area contributed by atoms with Crippen LogP contribution in [0.5, 0.6) is 0 Å². The first-order valence-corrected chi connectivity index (χ1v) is 6.00. The van der Waals surface area contributed by atoms with Gasteiger partial charge in [-0.05, 0) is 19.9 Å². The van der Waals surface area contributed by atoms with Crippen LogP contribution in [0, 0.1) is 5.82 Å². The average Bonchev–Trinajstić information content (AvgIpc) is 2.41. The molecule has 0 aliphatic heterocycles. The zero-order chi connectivity index (χ0) is 15.0. The van der Waals surface area contributed by atoms with Crippen molar-refractivity contribution in [2.75, 3.05) is 18.5 Å². The number of anilines is 1. The number of hydrogen-bond acceptors (Lipinski definition) is 6. The van der Waals surface area contributed by atoms with Crippen LogP contribution in [0.3, 0.4) is 0 Å². The summed E-state index contributed by atoms with van der Waals surface area (Å²) in [4.78, 5) is 27.0. The molecule has 0 fully saturated rings. The van der Waals surface area contributed by atoms with Crippen LogP contribution in [0.25, 0.3) is 0 Å². The van der Waals surface area contributed by atoms with Crippen LogP contribution < -0.4 is 5.32 Å². The van der Waals surface area contributed by atoms with Gasteiger partial charge in [0.05, 0.1) is 25.1 Å². The minimum Gasteiger partial charge on any atom is -0.462 e. The molecular weight excluding hydrogens is 267 g/mol. The van der Waals surface area contributed by atoms with E-state index in [-0.39, 0.29) is 24.5 Å². The van der Waals surface area contributed by atoms with E-state index in [1.54, 1.807) is 13.8 Å². The molecule has 0 unspecified atom stereocenters. The number of nitrogens with one attached hydrogen (secondary N) is 1. The molecule has 108 valence electrons. The predicted octanol–water partition coefficient (Wildman–Crippen LogP) is 1.64. The Balaban J connectivity index is 2.92. The number of rotatable bonds is 6. The molecule has 0 atom stereocenters. The molecule has 1 heterocycles. The Morgan fingerprint density at radius 3 is 2.40 bits per heavy atom. The van der Waals surface area contributed by atoms with E-state index in [9.17, 15) is 14.0 Å². The maximum Gasteiger partial charge on any atom is 0.347 e. The first-order chi connectivity index (χ1) is 9.60. The normalized spacial score (nSPS) is 9.55. The molecule has 20 heavy (non-hydrogen) atoms. The van der Waals surface area contributed by atoms with Gasteiger partial charge in [-0.15, -0.1) is 0 Å². The highest BCUT2D eigenvalue weighted by molar-refractivity contribution is 6.14. The van der Waals surface area contributed by atoms with Crippen molar-refractivity contribution in [3.8, 4) is 0 Å². The van der Waals surface area contributed by atoms with E-state index in [1.165, 1.54) is 12.4 Å². The summed E-state index contributed by atoms with van der Waals surface area (Å²) in [6, 6.07) is 1.14. The van der Waals surface area contributed by atoms with E-state index in [2.05, 4.69) is 10.3 Å². The van der Waals surface area contributed by atoms with Crippen LogP contribution in [-0.4, -0.2) is 30.1 Å². The number of aromatic nitrogens is 1. The fraction of sp³-hybridized carbons (Fsp3) is 0.308. The van der Waals surface area contributed by atoms with Crippen molar-refractivity contribution in [1.29, 1.82) is 0 Å². The maximum atomic E-state index is 13.4. The molecule has 1 aromatic rings. The smallest absolute Gasteiger partial charge is 0.347 e. The first-order valence-electron chi connectivity index (χ1n) is 6.00. The number of pyridine rings is 1. The summed E-state index contributed by atoms with van der Waals surface area (Å²) >= 11 is 0. The van der Waals surface area contributed by atoms with Crippen LogP contribution in [0.1, 0.15) is 13.8 Å². The topological polar surface area (TPSA) is 77.5 Å². The predicted molar refractivity (Wildman–Crippen MR) is 69.2 cm³/mol. The quantitative estimate of drug-likeness (QED) is 0.370. The maximum absolute atomic E-state index is 13.4. The highest BCUT2D eigenvalue weighted by Crippen LogP contribution is 2.12. The molecule has 0 aliphatic carbocycles. The molecule has 0 saturated heterocycles. The minimum atomic E-state index is -0.845. The second kappa shape index (κ2) is 7.88. The standard InChI is InChI=1S/C13H15FN2O4/c1-3-19-12(17)9(13(18)20-4-2)7-16-11-8-15-6-5-10(11)14/h5-8,16H,3-4H2,1-2H3. The number of carbonyl (C=O) groups is 2. The van der Waals surface area contributed by atoms with Gasteiger partial charge in [-0.3, -0.25) is 4.98 Å². The summed E-state index contributed by atoms with van der Waals surface area (Å²) in [7, 11) is 0. The van der Waals surface area contributed by atoms with Crippen molar-refractivity contribution < 1.29 is 23.5 Å². The molecule has 0 radical (unpaired) electrons. The van der Waals surface area contributed by atoms with Crippen molar-refractivity contribution >= 4 is 17.6 Å². The Labute approximate surface area is 115 Å². The molecular formula is C13H15FN2O4. The van der Waals surface area contributed by atoms with E-state index < -0.39 is 17.8 Å². The average molecular weight is 282 g/mol. The summed E-state index contributed by atoms with van der Waals surface area (Å²) in [5, 5.41) is 2.49. The molecule has 7 heteroatoms. The third-order valence-corrected chi connectivity index (χ3v) is 2.13. The van der Waals surface area contributed by atoms with Gasteiger partial charge in [-0.1, -0.05) is 0 Å². The monoisotopic (exact) mass is 282 g/mol. The number of halogens is 1. The molecule has 1 rings (SSSR count). The van der Waals surface area contributed by atoms with E-state index >= 15 is 0 Å². The van der Waals surface area contributed by atoms with Crippen LogP contribution in [0.2, 0.25) is 0 Å². The van der Waals surface area contributed by atoms with Crippen molar-refractivity contribution in [2.24, 2.45) is 0 Å². The molecule has 0 aliphatic rings. The Morgan fingerprint density at radius 1 is 1.30 bits per heavy atom. The Bertz CT molecular complexity index is 497. The molecule has 1 N–H and O–H groups in total. The van der Waals surface area contributed by atoms with Crippen molar-refractivity contribution in [3.05, 3.63) is 36.1 Å². The van der Waals surface area contributed by atoms with Gasteiger partial charge in [0.15, 0.2) is 5.57 Å². The van der Waals surface area contributed by atoms with Crippen LogP contribution >= 0.6 is 0 Å². The molecule has 0 bridgehead atoms. The highest BCUT2D eigenvalue weighted by Gasteiger charge is 2.21. The summed E-state index contributed by atoms with van der Waals surface area (Å²) in [6.45, 7) is 3.43. The molecule has 1 aromatic heterocycles. The van der Waals surface area contributed by atoms with Crippen LogP contribution in [0.15, 0.2) is 30.2 Å². The lowest BCUT2D eigenvalue weighted by Gasteiger charge is -2.07. The molecule has 0 saturated carbocycles. The first kappa shape index (κ1) is 15.6. The molecule has 6 nitrogen and oxygen atoms in total. The largest absolute Gasteiger partial charge is 0.462 e. The van der Waals surface area contributed by atoms with Gasteiger partial charge in [0.2, 0.25) is 0 Å². The Kier molecular flexibility index (Phi) is 6.15. The van der Waals surface area contributed by atoms with Gasteiger partial charge < -0.3 is 14.8 Å². The number of hydrogen-bond donors (Lipinski definition) is 1. The van der Waals surface area contributed by atoms with Gasteiger partial charge in [-0.25, -0.2) is 14.0 Å². The second-order valence-electron chi connectivity index (χ2n) is 3.50. The van der Waals surface area contributed by atoms with Gasteiger partial charge in [0.25, 0.3) is 0 Å². The third-order valence-electron chi connectivity index (χ3n) is 2.13. The van der Waals surface area contributed by atoms with E-state index in [0.717, 1.165) is 12.3 Å². The van der Waals surface area contributed by atoms with E-state index in [1.807, 2.05) is 0 Å². The summed E-state index contributed by atoms with van der Waals surface area (Å²) in [5.41, 5.74) is -0.324. The minimum absolute atomic E-state index is 0.0265. The summed E-state index contributed by atoms with van der Waals surface area (Å²) < 4.78 is 22.8. The SMILES string of the molecule is CCOC(=O)C(=CNc1cnccc1F)C(=O)OCC. The Morgan fingerprint density at radius 2 is 1.90 bits per heavy atom. The number of carbonyl (C=O) groups excluding carboxylic acids is 2.